The molecular formula is C19H21N3O4. The largest absolute Gasteiger partial charge is 0.494 e. The number of methoxy groups -OCH3 is 1. The Balaban J connectivity index is 1.99. The maximum absolute atomic E-state index is 12.7. The summed E-state index contributed by atoms with van der Waals surface area (Å²) in [6.45, 7) is 0. The first-order valence-electron chi connectivity index (χ1n) is 8.26. The van der Waals surface area contributed by atoms with E-state index in [4.69, 9.17) is 15.6 Å². The topological polar surface area (TPSA) is 99.5 Å². The molecule has 0 spiro atoms. The number of hydrogen-bond donors (Lipinski definition) is 2. The number of hydrogen-bond acceptors (Lipinski definition) is 4. The van der Waals surface area contributed by atoms with Crippen LogP contribution in [-0.2, 0) is 18.3 Å². The smallest absolute Gasteiger partial charge is 0.333 e. The van der Waals surface area contributed by atoms with Crippen molar-refractivity contribution in [3.8, 4) is 11.4 Å². The molecule has 0 amide bonds. The monoisotopic (exact) mass is 355 g/mol. The fourth-order valence-corrected chi connectivity index (χ4v) is 3.02. The van der Waals surface area contributed by atoms with Gasteiger partial charge in [-0.1, -0.05) is 18.2 Å². The van der Waals surface area contributed by atoms with E-state index in [1.165, 1.54) is 0 Å². The lowest BCUT2D eigenvalue weighted by Gasteiger charge is -2.09. The molecule has 136 valence electrons. The molecule has 1 heterocycles. The molecule has 0 radical (unpaired) electrons. The highest BCUT2D eigenvalue weighted by Gasteiger charge is 2.16. The van der Waals surface area contributed by atoms with Gasteiger partial charge in [0.15, 0.2) is 0 Å². The highest BCUT2D eigenvalue weighted by atomic mass is 16.5. The quantitative estimate of drug-likeness (QED) is 0.701. The molecule has 2 aromatic carbocycles. The molecule has 1 aromatic heterocycles. The van der Waals surface area contributed by atoms with Gasteiger partial charge in [-0.25, -0.2) is 4.79 Å². The molecule has 3 rings (SSSR count). The number of aliphatic carboxylic acids is 1. The number of carbonyl (C=O) groups is 1. The lowest BCUT2D eigenvalue weighted by atomic mass is 10.1. The summed E-state index contributed by atoms with van der Waals surface area (Å²) in [6.07, 6.45) is 0.915. The minimum absolute atomic E-state index is 0.162. The van der Waals surface area contributed by atoms with Crippen molar-refractivity contribution in [2.24, 2.45) is 12.8 Å². The number of fused-ring (bicyclic) bond motifs is 1. The van der Waals surface area contributed by atoms with Gasteiger partial charge < -0.3 is 15.6 Å². The lowest BCUT2D eigenvalue weighted by Crippen LogP contribution is -2.30. The van der Waals surface area contributed by atoms with Crippen molar-refractivity contribution in [1.82, 2.24) is 9.13 Å². The Kier molecular flexibility index (Phi) is 4.81. The zero-order valence-electron chi connectivity index (χ0n) is 14.7. The summed E-state index contributed by atoms with van der Waals surface area (Å²) in [5, 5.41) is 8.86. The van der Waals surface area contributed by atoms with Crippen molar-refractivity contribution in [2.75, 3.05) is 7.11 Å². The van der Waals surface area contributed by atoms with Crippen molar-refractivity contribution >= 4 is 17.0 Å². The first-order valence-corrected chi connectivity index (χ1v) is 8.26. The molecule has 0 aliphatic heterocycles. The van der Waals surface area contributed by atoms with Crippen molar-refractivity contribution in [3.63, 3.8) is 0 Å². The maximum Gasteiger partial charge on any atom is 0.333 e. The SMILES string of the molecule is COc1cccc2c1n(-c1ccc(CC[C@H](N)C(=O)O)cc1)c(=O)n2C. The van der Waals surface area contributed by atoms with Crippen molar-refractivity contribution in [3.05, 3.63) is 58.5 Å². The van der Waals surface area contributed by atoms with Gasteiger partial charge in [-0.15, -0.1) is 0 Å². The zero-order valence-corrected chi connectivity index (χ0v) is 14.7. The molecule has 7 heteroatoms. The van der Waals surface area contributed by atoms with E-state index in [0.29, 0.717) is 24.1 Å². The number of aromatic nitrogens is 2. The predicted molar refractivity (Wildman–Crippen MR) is 99.0 cm³/mol. The van der Waals surface area contributed by atoms with Gasteiger partial charge in [0.25, 0.3) is 0 Å². The van der Waals surface area contributed by atoms with Gasteiger partial charge in [-0.05, 0) is 42.7 Å². The van der Waals surface area contributed by atoms with Crippen molar-refractivity contribution in [1.29, 1.82) is 0 Å². The number of imidazole rings is 1. The van der Waals surface area contributed by atoms with Crippen molar-refractivity contribution in [2.45, 2.75) is 18.9 Å². The van der Waals surface area contributed by atoms with Crippen LogP contribution in [0.5, 0.6) is 5.75 Å². The molecule has 0 saturated carbocycles. The van der Waals surface area contributed by atoms with Crippen LogP contribution >= 0.6 is 0 Å². The molecule has 0 fully saturated rings. The highest BCUT2D eigenvalue weighted by molar-refractivity contribution is 5.84. The summed E-state index contributed by atoms with van der Waals surface area (Å²) in [4.78, 5) is 23.5. The molecule has 3 N–H and O–H groups in total. The maximum atomic E-state index is 12.7. The number of ether oxygens (including phenoxy) is 1. The Morgan fingerprint density at radius 3 is 2.54 bits per heavy atom. The second kappa shape index (κ2) is 7.05. The van der Waals surface area contributed by atoms with Gasteiger partial charge in [-0.3, -0.25) is 13.9 Å². The van der Waals surface area contributed by atoms with Crippen LogP contribution in [0.3, 0.4) is 0 Å². The Morgan fingerprint density at radius 1 is 1.23 bits per heavy atom. The number of carboxylic acids is 1. The molecule has 0 bridgehead atoms. The highest BCUT2D eigenvalue weighted by Crippen LogP contribution is 2.26. The fourth-order valence-electron chi connectivity index (χ4n) is 3.02. The Hall–Kier alpha value is -3.06. The van der Waals surface area contributed by atoms with Crippen LogP contribution < -0.4 is 16.2 Å². The normalized spacial score (nSPS) is 12.3. The average molecular weight is 355 g/mol. The number of carboxylic acid groups (broad SMARTS) is 1. The molecule has 0 aliphatic rings. The molecule has 0 saturated heterocycles. The Labute approximate surface area is 150 Å². The van der Waals surface area contributed by atoms with Gasteiger partial charge >= 0.3 is 11.7 Å². The standard InChI is InChI=1S/C19H21N3O4/c1-21-15-4-3-5-16(26-2)17(15)22(19(21)25)13-9-6-12(7-10-13)8-11-14(20)18(23)24/h3-7,9-10,14H,8,11,20H2,1-2H3,(H,23,24)/t14-/m0/s1. The summed E-state index contributed by atoms with van der Waals surface area (Å²) in [5.74, 6) is -0.382. The predicted octanol–water partition coefficient (Wildman–Crippen LogP) is 1.68. The average Bonchev–Trinajstić information content (AvgIpc) is 2.91. The van der Waals surface area contributed by atoms with Gasteiger partial charge in [0.05, 0.1) is 18.3 Å². The minimum atomic E-state index is -1.00. The number of nitrogens with two attached hydrogens (primary N) is 1. The van der Waals surface area contributed by atoms with Crippen LogP contribution in [0.4, 0.5) is 0 Å². The Morgan fingerprint density at radius 2 is 1.92 bits per heavy atom. The lowest BCUT2D eigenvalue weighted by molar-refractivity contribution is -0.138. The van der Waals surface area contributed by atoms with E-state index < -0.39 is 12.0 Å². The molecule has 0 unspecified atom stereocenters. The summed E-state index contributed by atoms with van der Waals surface area (Å²) in [7, 11) is 3.30. The molecule has 3 aromatic rings. The molecular weight excluding hydrogens is 334 g/mol. The number of aryl methyl sites for hydroxylation is 2. The van der Waals surface area contributed by atoms with E-state index >= 15 is 0 Å². The second-order valence-corrected chi connectivity index (χ2v) is 6.15. The minimum Gasteiger partial charge on any atom is -0.494 e. The summed E-state index contributed by atoms with van der Waals surface area (Å²) in [5.41, 5.74) is 8.56. The van der Waals surface area contributed by atoms with Crippen LogP contribution in [0, 0.1) is 0 Å². The third-order valence-corrected chi connectivity index (χ3v) is 4.52. The van der Waals surface area contributed by atoms with Gasteiger partial charge in [0, 0.05) is 7.05 Å². The molecule has 7 nitrogen and oxygen atoms in total. The van der Waals surface area contributed by atoms with E-state index in [9.17, 15) is 9.59 Å². The Bertz CT molecular complexity index is 1000. The molecule has 0 aliphatic carbocycles. The van der Waals surface area contributed by atoms with E-state index in [1.54, 1.807) is 23.3 Å². The third-order valence-electron chi connectivity index (χ3n) is 4.52. The van der Waals surface area contributed by atoms with Crippen LogP contribution in [0.25, 0.3) is 16.7 Å². The summed E-state index contributed by atoms with van der Waals surface area (Å²) >= 11 is 0. The zero-order chi connectivity index (χ0) is 18.8. The van der Waals surface area contributed by atoms with Gasteiger partial charge in [-0.2, -0.15) is 0 Å². The van der Waals surface area contributed by atoms with Crippen molar-refractivity contribution < 1.29 is 14.6 Å². The van der Waals surface area contributed by atoms with Crippen LogP contribution in [0.1, 0.15) is 12.0 Å². The van der Waals surface area contributed by atoms with Crippen LogP contribution in [-0.4, -0.2) is 33.4 Å². The van der Waals surface area contributed by atoms with Gasteiger partial charge in [0.1, 0.15) is 17.3 Å². The van der Waals surface area contributed by atoms with E-state index in [1.807, 2.05) is 42.5 Å². The summed E-state index contributed by atoms with van der Waals surface area (Å²) < 4.78 is 8.62. The van der Waals surface area contributed by atoms with Crippen LogP contribution in [0.2, 0.25) is 0 Å². The third kappa shape index (κ3) is 3.09. The van der Waals surface area contributed by atoms with E-state index in [0.717, 1.165) is 16.8 Å². The number of benzene rings is 2. The first kappa shape index (κ1) is 17.8. The number of rotatable bonds is 6. The van der Waals surface area contributed by atoms with E-state index in [-0.39, 0.29) is 5.69 Å². The molecule has 26 heavy (non-hydrogen) atoms. The second-order valence-electron chi connectivity index (χ2n) is 6.15. The fraction of sp³-hybridized carbons (Fsp3) is 0.263. The molecule has 1 atom stereocenters. The number of nitrogens with zero attached hydrogens (tertiary/aromatic N) is 2. The first-order chi connectivity index (χ1) is 12.4. The summed E-state index contributed by atoms with van der Waals surface area (Å²) in [6, 6.07) is 12.1. The number of para-hydroxylation sites is 1. The van der Waals surface area contributed by atoms with Crippen LogP contribution in [0.15, 0.2) is 47.3 Å². The van der Waals surface area contributed by atoms with Gasteiger partial charge in [0.2, 0.25) is 0 Å². The van der Waals surface area contributed by atoms with E-state index in [2.05, 4.69) is 0 Å².